The number of rotatable bonds is 5. The van der Waals surface area contributed by atoms with Crippen molar-refractivity contribution in [1.29, 1.82) is 0 Å². The van der Waals surface area contributed by atoms with Gasteiger partial charge in [-0.1, -0.05) is 31.4 Å². The fourth-order valence-electron chi connectivity index (χ4n) is 4.30. The van der Waals surface area contributed by atoms with E-state index < -0.39 is 23.3 Å². The van der Waals surface area contributed by atoms with Crippen molar-refractivity contribution in [1.82, 2.24) is 10.2 Å². The molecule has 2 unspecified atom stereocenters. The van der Waals surface area contributed by atoms with Crippen LogP contribution >= 0.6 is 0 Å². The summed E-state index contributed by atoms with van der Waals surface area (Å²) in [6, 6.07) is 5.29. The number of hydrogen-bond acceptors (Lipinski definition) is 3. The fraction of sp³-hybridized carbons (Fsp3) is 0.550. The molecule has 3 rings (SSSR count). The number of amides is 2. The summed E-state index contributed by atoms with van der Waals surface area (Å²) in [5.74, 6) is -2.37. The number of hydrogen-bond donors (Lipinski definition) is 2. The van der Waals surface area contributed by atoms with Crippen LogP contribution in [0.3, 0.4) is 0 Å². The van der Waals surface area contributed by atoms with Gasteiger partial charge in [0.25, 0.3) is 0 Å². The molecule has 2 aliphatic rings. The lowest BCUT2D eigenvalue weighted by atomic mass is 9.74. The number of carbonyl (C=O) groups is 3. The highest BCUT2D eigenvalue weighted by molar-refractivity contribution is 5.90. The van der Waals surface area contributed by atoms with E-state index in [9.17, 15) is 23.9 Å². The second-order valence-electron chi connectivity index (χ2n) is 7.68. The van der Waals surface area contributed by atoms with Crippen LogP contribution in [0.5, 0.6) is 0 Å². The van der Waals surface area contributed by atoms with Crippen molar-refractivity contribution in [3.8, 4) is 0 Å². The third-order valence-corrected chi connectivity index (χ3v) is 6.00. The van der Waals surface area contributed by atoms with Gasteiger partial charge in [0, 0.05) is 20.0 Å². The first kappa shape index (κ1) is 19.3. The highest BCUT2D eigenvalue weighted by Gasteiger charge is 2.44. The molecule has 1 aliphatic carbocycles. The average Bonchev–Trinajstić information content (AvgIpc) is 2.96. The Morgan fingerprint density at radius 2 is 1.85 bits per heavy atom. The molecule has 1 aromatic carbocycles. The zero-order valence-corrected chi connectivity index (χ0v) is 15.4. The monoisotopic (exact) mass is 376 g/mol. The van der Waals surface area contributed by atoms with Gasteiger partial charge in [0.1, 0.15) is 5.82 Å². The molecular formula is C20H25FN2O4. The molecule has 1 aliphatic heterocycles. The first-order valence-electron chi connectivity index (χ1n) is 9.36. The molecule has 2 atom stereocenters. The smallest absolute Gasteiger partial charge is 0.311 e. The van der Waals surface area contributed by atoms with Crippen LogP contribution in [-0.2, 0) is 14.4 Å². The van der Waals surface area contributed by atoms with Crippen LogP contribution in [0, 0.1) is 17.2 Å². The highest BCUT2D eigenvalue weighted by atomic mass is 19.1. The number of likely N-dealkylation sites (tertiary alicyclic amines) is 1. The molecule has 6 nitrogen and oxygen atoms in total. The molecule has 2 N–H and O–H groups in total. The minimum atomic E-state index is -0.923. The van der Waals surface area contributed by atoms with Crippen molar-refractivity contribution in [2.45, 2.75) is 44.6 Å². The Labute approximate surface area is 157 Å². The average molecular weight is 376 g/mol. The van der Waals surface area contributed by atoms with Gasteiger partial charge in [0.05, 0.1) is 17.4 Å². The molecule has 0 aromatic heterocycles. The Hall–Kier alpha value is -2.44. The molecule has 1 aromatic rings. The van der Waals surface area contributed by atoms with Gasteiger partial charge in [-0.05, 0) is 30.5 Å². The van der Waals surface area contributed by atoms with Crippen LogP contribution in [-0.4, -0.2) is 41.4 Å². The molecule has 7 heteroatoms. The fourth-order valence-corrected chi connectivity index (χ4v) is 4.30. The Bertz CT molecular complexity index is 728. The van der Waals surface area contributed by atoms with Crippen molar-refractivity contribution in [2.75, 3.05) is 13.6 Å². The van der Waals surface area contributed by atoms with Gasteiger partial charge >= 0.3 is 5.97 Å². The predicted molar refractivity (Wildman–Crippen MR) is 96.2 cm³/mol. The number of benzene rings is 1. The molecular weight excluding hydrogens is 351 g/mol. The van der Waals surface area contributed by atoms with Crippen LogP contribution < -0.4 is 5.32 Å². The van der Waals surface area contributed by atoms with Crippen molar-refractivity contribution in [3.63, 3.8) is 0 Å². The molecule has 146 valence electrons. The maximum atomic E-state index is 13.2. The van der Waals surface area contributed by atoms with Crippen molar-refractivity contribution in [3.05, 3.63) is 35.6 Å². The SMILES string of the molecule is CN1C(=O)CC(C(=O)NCC2(C(=O)O)CCCCC2)C1c1ccc(F)cc1. The van der Waals surface area contributed by atoms with Gasteiger partial charge < -0.3 is 15.3 Å². The number of carbonyl (C=O) groups excluding carboxylic acids is 2. The molecule has 1 saturated carbocycles. The normalized spacial score (nSPS) is 24.7. The van der Waals surface area contributed by atoms with Crippen LogP contribution in [0.15, 0.2) is 24.3 Å². The number of nitrogens with one attached hydrogen (secondary N) is 1. The summed E-state index contributed by atoms with van der Waals surface area (Å²) in [6.45, 7) is 0.0751. The minimum absolute atomic E-state index is 0.0600. The van der Waals surface area contributed by atoms with E-state index >= 15 is 0 Å². The van der Waals surface area contributed by atoms with Crippen LogP contribution in [0.25, 0.3) is 0 Å². The maximum absolute atomic E-state index is 13.2. The van der Waals surface area contributed by atoms with E-state index in [1.165, 1.54) is 17.0 Å². The first-order chi connectivity index (χ1) is 12.8. The van der Waals surface area contributed by atoms with E-state index in [0.717, 1.165) is 19.3 Å². The summed E-state index contributed by atoms with van der Waals surface area (Å²) in [4.78, 5) is 38.3. The quantitative estimate of drug-likeness (QED) is 0.827. The van der Waals surface area contributed by atoms with E-state index in [1.807, 2.05) is 0 Å². The van der Waals surface area contributed by atoms with Crippen molar-refractivity contribution in [2.24, 2.45) is 11.3 Å². The lowest BCUT2D eigenvalue weighted by Gasteiger charge is -2.34. The second kappa shape index (κ2) is 7.66. The molecule has 0 bridgehead atoms. The van der Waals surface area contributed by atoms with Crippen LogP contribution in [0.1, 0.15) is 50.1 Å². The molecule has 27 heavy (non-hydrogen) atoms. The molecule has 2 fully saturated rings. The van der Waals surface area contributed by atoms with Gasteiger partial charge in [0.2, 0.25) is 11.8 Å². The number of carboxylic acid groups (broad SMARTS) is 1. The highest BCUT2D eigenvalue weighted by Crippen LogP contribution is 2.39. The molecule has 0 spiro atoms. The molecule has 0 radical (unpaired) electrons. The summed E-state index contributed by atoms with van der Waals surface area (Å²) in [7, 11) is 1.63. The molecule has 1 heterocycles. The van der Waals surface area contributed by atoms with Crippen LogP contribution in [0.2, 0.25) is 0 Å². The summed E-state index contributed by atoms with van der Waals surface area (Å²) in [6.07, 6.45) is 3.85. The van der Waals surface area contributed by atoms with Gasteiger partial charge in [-0.3, -0.25) is 14.4 Å². The number of carboxylic acids is 1. The maximum Gasteiger partial charge on any atom is 0.311 e. The number of aliphatic carboxylic acids is 1. The van der Waals surface area contributed by atoms with Gasteiger partial charge in [-0.15, -0.1) is 0 Å². The number of nitrogens with zero attached hydrogens (tertiary/aromatic N) is 1. The Kier molecular flexibility index (Phi) is 5.48. The molecule has 2 amide bonds. The Morgan fingerprint density at radius 3 is 2.44 bits per heavy atom. The lowest BCUT2D eigenvalue weighted by molar-refractivity contribution is -0.151. The second-order valence-corrected chi connectivity index (χ2v) is 7.68. The predicted octanol–water partition coefficient (Wildman–Crippen LogP) is 2.50. The largest absolute Gasteiger partial charge is 0.481 e. The van der Waals surface area contributed by atoms with Gasteiger partial charge in [0.15, 0.2) is 0 Å². The van der Waals surface area contributed by atoms with E-state index in [-0.39, 0.29) is 30.6 Å². The van der Waals surface area contributed by atoms with E-state index in [2.05, 4.69) is 5.32 Å². The topological polar surface area (TPSA) is 86.7 Å². The number of halogens is 1. The first-order valence-corrected chi connectivity index (χ1v) is 9.36. The third-order valence-electron chi connectivity index (χ3n) is 6.00. The Morgan fingerprint density at radius 1 is 1.22 bits per heavy atom. The van der Waals surface area contributed by atoms with Gasteiger partial charge in [-0.25, -0.2) is 4.39 Å². The Balaban J connectivity index is 1.75. The van der Waals surface area contributed by atoms with Gasteiger partial charge in [-0.2, -0.15) is 0 Å². The summed E-state index contributed by atoms with van der Waals surface area (Å²) >= 11 is 0. The third kappa shape index (κ3) is 3.82. The lowest BCUT2D eigenvalue weighted by Crippen LogP contribution is -2.46. The summed E-state index contributed by atoms with van der Waals surface area (Å²) in [5, 5.41) is 12.5. The standard InChI is InChI=1S/C20H25FN2O4/c1-23-16(24)11-15(17(23)13-5-7-14(21)8-6-13)18(25)22-12-20(19(26)27)9-3-2-4-10-20/h5-8,15,17H,2-4,9-12H2,1H3,(H,22,25)(H,26,27). The van der Waals surface area contributed by atoms with E-state index in [0.29, 0.717) is 18.4 Å². The molecule has 1 saturated heterocycles. The summed E-state index contributed by atoms with van der Waals surface area (Å²) in [5.41, 5.74) is -0.233. The van der Waals surface area contributed by atoms with Crippen LogP contribution in [0.4, 0.5) is 4.39 Å². The van der Waals surface area contributed by atoms with Crippen molar-refractivity contribution >= 4 is 17.8 Å². The van der Waals surface area contributed by atoms with E-state index in [1.54, 1.807) is 19.2 Å². The van der Waals surface area contributed by atoms with E-state index in [4.69, 9.17) is 0 Å². The summed E-state index contributed by atoms with van der Waals surface area (Å²) < 4.78 is 13.2. The zero-order chi connectivity index (χ0) is 19.6. The van der Waals surface area contributed by atoms with Crippen molar-refractivity contribution < 1.29 is 23.9 Å². The minimum Gasteiger partial charge on any atom is -0.481 e. The zero-order valence-electron chi connectivity index (χ0n) is 15.4.